The van der Waals surface area contributed by atoms with Crippen LogP contribution in [0.1, 0.15) is 0 Å². The van der Waals surface area contributed by atoms with Gasteiger partial charge >= 0.3 is 140 Å². The summed E-state index contributed by atoms with van der Waals surface area (Å²) in [6, 6.07) is 0. The molecule has 0 atom stereocenters. The van der Waals surface area contributed by atoms with Crippen LogP contribution in [0.15, 0.2) is 0 Å². The van der Waals surface area contributed by atoms with Gasteiger partial charge in [0, 0.05) is 0 Å². The molecule has 0 aliphatic carbocycles. The van der Waals surface area contributed by atoms with E-state index in [0.29, 0.717) is 20.1 Å². The van der Waals surface area contributed by atoms with Crippen molar-refractivity contribution in [2.45, 2.75) is 29.6 Å². The predicted molar refractivity (Wildman–Crippen MR) is 92.4 cm³/mol. The first-order chi connectivity index (χ1) is 7.89. The van der Waals surface area contributed by atoms with Crippen molar-refractivity contribution in [2.24, 2.45) is 0 Å². The molecule has 0 nitrogen and oxygen atoms in total. The van der Waals surface area contributed by atoms with Crippen molar-refractivity contribution in [3.05, 3.63) is 20.1 Å². The van der Waals surface area contributed by atoms with Crippen molar-refractivity contribution < 1.29 is 0 Å². The minimum atomic E-state index is -2.44. The second-order valence-electron chi connectivity index (χ2n) is 6.51. The fourth-order valence-electron chi connectivity index (χ4n) is 1.95. The Morgan fingerprint density at radius 3 is 0.778 bits per heavy atom. The van der Waals surface area contributed by atoms with E-state index in [1.54, 1.807) is 0 Å². The van der Waals surface area contributed by atoms with E-state index in [4.69, 9.17) is 46.4 Å². The fraction of sp³-hybridized carbons (Fsp3) is 0.500. The Bertz CT molecular complexity index is 410. The molecule has 1 rings (SSSR count). The van der Waals surface area contributed by atoms with Gasteiger partial charge in [0.1, 0.15) is 0 Å². The van der Waals surface area contributed by atoms with Crippen molar-refractivity contribution in [3.8, 4) is 0 Å². The molecule has 0 aromatic heterocycles. The topological polar surface area (TPSA) is 0 Å². The van der Waals surface area contributed by atoms with Crippen LogP contribution in [-0.2, 0) is 0 Å². The molecule has 0 unspecified atom stereocenters. The van der Waals surface area contributed by atoms with Crippen molar-refractivity contribution in [2.75, 3.05) is 0 Å². The van der Waals surface area contributed by atoms with E-state index in [-0.39, 0.29) is 0 Å². The molecule has 6 heteroatoms. The van der Waals surface area contributed by atoms with Crippen molar-refractivity contribution >= 4 is 90.3 Å². The monoisotopic (exact) mass is 542 g/mol. The van der Waals surface area contributed by atoms with Crippen LogP contribution in [0.4, 0.5) is 0 Å². The summed E-state index contributed by atoms with van der Waals surface area (Å²) in [5.74, 6) is 0. The summed E-state index contributed by atoms with van der Waals surface area (Å²) in [5.41, 5.74) is 0. The average molecular weight is 542 g/mol. The van der Waals surface area contributed by atoms with Gasteiger partial charge in [0.15, 0.2) is 0 Å². The molecule has 0 bridgehead atoms. The summed E-state index contributed by atoms with van der Waals surface area (Å²) in [4.78, 5) is 13.6. The van der Waals surface area contributed by atoms with Crippen LogP contribution in [0.2, 0.25) is 49.7 Å². The third kappa shape index (κ3) is 3.59. The summed E-state index contributed by atoms with van der Waals surface area (Å²) in [6.07, 6.45) is 0. The molecule has 0 saturated heterocycles. The predicted octanol–water partition coefficient (Wildman–Crippen LogP) is 5.39. The third-order valence-corrected chi connectivity index (χ3v) is 17.7. The molecule has 0 aliphatic rings. The molecule has 0 aliphatic heterocycles. The van der Waals surface area contributed by atoms with Crippen molar-refractivity contribution in [3.63, 3.8) is 0 Å². The SMILES string of the molecule is [CH3][Sn]([CH3])([CH3])[c]1c(Cl)c(Cl)[c]([Sn]([CH3])([CH3])[CH3])c(Cl)c1Cl. The summed E-state index contributed by atoms with van der Waals surface area (Å²) < 4.78 is 2.09. The van der Waals surface area contributed by atoms with E-state index in [1.807, 2.05) is 0 Å². The van der Waals surface area contributed by atoms with E-state index >= 15 is 0 Å². The van der Waals surface area contributed by atoms with Crippen molar-refractivity contribution in [1.82, 2.24) is 0 Å². The quantitative estimate of drug-likeness (QED) is 0.348. The summed E-state index contributed by atoms with van der Waals surface area (Å²) in [5, 5.41) is 2.60. The molecule has 1 aromatic carbocycles. The van der Waals surface area contributed by atoms with Gasteiger partial charge in [-0.3, -0.25) is 0 Å². The zero-order valence-electron chi connectivity index (χ0n) is 11.5. The van der Waals surface area contributed by atoms with Gasteiger partial charge < -0.3 is 0 Å². The second-order valence-corrected chi connectivity index (χ2v) is 36.6. The van der Waals surface area contributed by atoms with Crippen LogP contribution in [0.3, 0.4) is 0 Å². The second kappa shape index (κ2) is 6.00. The third-order valence-electron chi connectivity index (χ3n) is 2.76. The fourth-order valence-corrected chi connectivity index (χ4v) is 20.3. The molecule has 0 spiro atoms. The Balaban J connectivity index is 3.79. The number of hydrogen-bond acceptors (Lipinski definition) is 0. The van der Waals surface area contributed by atoms with E-state index in [1.165, 1.54) is 0 Å². The summed E-state index contributed by atoms with van der Waals surface area (Å²) in [7, 11) is 0. The van der Waals surface area contributed by atoms with Crippen LogP contribution >= 0.6 is 46.4 Å². The number of benzene rings is 1. The standard InChI is InChI=1S/C6Cl4.6CH3.2Sn/c7-3-1-4(8)6(10)2-5(3)9;;;;;;;;/h;6*1H3;;. The van der Waals surface area contributed by atoms with Crippen molar-refractivity contribution in [1.29, 1.82) is 0 Å². The maximum atomic E-state index is 6.48. The Labute approximate surface area is 138 Å². The molecule has 0 heterocycles. The van der Waals surface area contributed by atoms with Crippen LogP contribution in [0, 0.1) is 0 Å². The zero-order chi connectivity index (χ0) is 14.5. The molecule has 102 valence electrons. The first-order valence-corrected chi connectivity index (χ1v) is 27.2. The molecule has 0 saturated carbocycles. The van der Waals surface area contributed by atoms with Gasteiger partial charge in [-0.05, 0) is 0 Å². The first kappa shape index (κ1) is 18.0. The molecular formula is C12H18Cl4Sn2. The van der Waals surface area contributed by atoms with Gasteiger partial charge in [0.2, 0.25) is 0 Å². The van der Waals surface area contributed by atoms with Crippen LogP contribution in [-0.4, -0.2) is 36.8 Å². The summed E-state index contributed by atoms with van der Waals surface area (Å²) in [6.45, 7) is 0. The van der Waals surface area contributed by atoms with Gasteiger partial charge in [0.25, 0.3) is 0 Å². The van der Waals surface area contributed by atoms with E-state index in [9.17, 15) is 0 Å². The maximum absolute atomic E-state index is 6.48. The van der Waals surface area contributed by atoms with E-state index < -0.39 is 36.8 Å². The Morgan fingerprint density at radius 2 is 0.667 bits per heavy atom. The van der Waals surface area contributed by atoms with Gasteiger partial charge in [0.05, 0.1) is 0 Å². The van der Waals surface area contributed by atoms with E-state index in [2.05, 4.69) is 29.6 Å². The number of halogens is 4. The molecule has 0 fully saturated rings. The van der Waals surface area contributed by atoms with Gasteiger partial charge in [-0.1, -0.05) is 0 Å². The Kier molecular flexibility index (Phi) is 6.01. The van der Waals surface area contributed by atoms with Crippen LogP contribution in [0.5, 0.6) is 0 Å². The van der Waals surface area contributed by atoms with Crippen LogP contribution < -0.4 is 7.16 Å². The first-order valence-electron chi connectivity index (χ1n) is 5.76. The van der Waals surface area contributed by atoms with Gasteiger partial charge in [-0.25, -0.2) is 0 Å². The normalized spacial score (nSPS) is 13.0. The van der Waals surface area contributed by atoms with Gasteiger partial charge in [-0.15, -0.1) is 0 Å². The molecular weight excluding hydrogens is 523 g/mol. The number of hydrogen-bond donors (Lipinski definition) is 0. The van der Waals surface area contributed by atoms with Crippen LogP contribution in [0.25, 0.3) is 0 Å². The Hall–Kier alpha value is 1.98. The average Bonchev–Trinajstić information content (AvgIpc) is 2.10. The molecule has 0 radical (unpaired) electrons. The molecule has 0 amide bonds. The number of rotatable bonds is 2. The van der Waals surface area contributed by atoms with E-state index in [0.717, 1.165) is 7.16 Å². The summed E-state index contributed by atoms with van der Waals surface area (Å²) >= 11 is 21.0. The zero-order valence-corrected chi connectivity index (χ0v) is 20.2. The minimum absolute atomic E-state index is 0.649. The molecule has 0 N–H and O–H groups in total. The molecule has 1 aromatic rings. The molecule has 18 heavy (non-hydrogen) atoms. The van der Waals surface area contributed by atoms with Gasteiger partial charge in [-0.2, -0.15) is 0 Å². The Morgan fingerprint density at radius 1 is 0.500 bits per heavy atom.